The number of aromatic amines is 1. The van der Waals surface area contributed by atoms with Gasteiger partial charge in [-0.3, -0.25) is 14.9 Å². The molecule has 1 amide bonds. The Labute approximate surface area is 118 Å². The molecule has 104 valence electrons. The zero-order valence-corrected chi connectivity index (χ0v) is 11.8. The summed E-state index contributed by atoms with van der Waals surface area (Å²) in [5, 5.41) is 7.17. The molecule has 0 aliphatic carbocycles. The summed E-state index contributed by atoms with van der Waals surface area (Å²) in [6.45, 7) is 4.45. The molecule has 2 aromatic heterocycles. The van der Waals surface area contributed by atoms with Crippen molar-refractivity contribution in [2.75, 3.05) is 6.54 Å². The standard InChI is InChI=1S/C15H18N4O/c1-10-8-14(18-17-10)13-9-12(5-6-16-13)15-4-3-7-19(15)11(2)20/h5-6,8-9,15H,3-4,7H2,1-2H3,(H,17,18)/t15-/m0/s1. The van der Waals surface area contributed by atoms with Gasteiger partial charge in [-0.15, -0.1) is 0 Å². The highest BCUT2D eigenvalue weighted by atomic mass is 16.2. The van der Waals surface area contributed by atoms with E-state index in [1.54, 1.807) is 13.1 Å². The number of nitrogens with zero attached hydrogens (tertiary/aromatic N) is 3. The first-order chi connectivity index (χ1) is 9.65. The van der Waals surface area contributed by atoms with E-state index in [0.717, 1.165) is 42.0 Å². The maximum Gasteiger partial charge on any atom is 0.219 e. The first kappa shape index (κ1) is 12.8. The van der Waals surface area contributed by atoms with E-state index < -0.39 is 0 Å². The molecular formula is C15H18N4O. The fraction of sp³-hybridized carbons (Fsp3) is 0.400. The van der Waals surface area contributed by atoms with Crippen molar-refractivity contribution < 1.29 is 4.79 Å². The second-order valence-electron chi connectivity index (χ2n) is 5.28. The number of aromatic nitrogens is 3. The van der Waals surface area contributed by atoms with Crippen LogP contribution in [0.4, 0.5) is 0 Å². The summed E-state index contributed by atoms with van der Waals surface area (Å²) >= 11 is 0. The quantitative estimate of drug-likeness (QED) is 0.911. The third-order valence-corrected chi connectivity index (χ3v) is 3.79. The second kappa shape index (κ2) is 5.07. The predicted molar refractivity (Wildman–Crippen MR) is 75.9 cm³/mol. The minimum atomic E-state index is 0.140. The molecule has 20 heavy (non-hydrogen) atoms. The zero-order valence-electron chi connectivity index (χ0n) is 11.8. The molecule has 0 unspecified atom stereocenters. The van der Waals surface area contributed by atoms with Crippen LogP contribution in [-0.4, -0.2) is 32.5 Å². The highest BCUT2D eigenvalue weighted by Crippen LogP contribution is 2.32. The van der Waals surface area contributed by atoms with Gasteiger partial charge in [-0.05, 0) is 43.5 Å². The van der Waals surface area contributed by atoms with Crippen molar-refractivity contribution in [2.45, 2.75) is 32.7 Å². The number of nitrogens with one attached hydrogen (secondary N) is 1. The number of rotatable bonds is 2. The lowest BCUT2D eigenvalue weighted by atomic mass is 10.0. The van der Waals surface area contributed by atoms with Crippen molar-refractivity contribution >= 4 is 5.91 Å². The Kier molecular flexibility index (Phi) is 3.26. The van der Waals surface area contributed by atoms with E-state index in [1.807, 2.05) is 30.0 Å². The largest absolute Gasteiger partial charge is 0.336 e. The van der Waals surface area contributed by atoms with E-state index >= 15 is 0 Å². The van der Waals surface area contributed by atoms with Crippen molar-refractivity contribution in [1.29, 1.82) is 0 Å². The highest BCUT2D eigenvalue weighted by molar-refractivity contribution is 5.74. The Hall–Kier alpha value is -2.17. The van der Waals surface area contributed by atoms with Crippen LogP contribution in [0.5, 0.6) is 0 Å². The molecule has 3 rings (SSSR count). The molecule has 0 spiro atoms. The molecule has 5 heteroatoms. The summed E-state index contributed by atoms with van der Waals surface area (Å²) in [4.78, 5) is 18.0. The van der Waals surface area contributed by atoms with Gasteiger partial charge >= 0.3 is 0 Å². The molecule has 0 radical (unpaired) electrons. The Morgan fingerprint density at radius 2 is 2.25 bits per heavy atom. The van der Waals surface area contributed by atoms with Crippen molar-refractivity contribution in [1.82, 2.24) is 20.1 Å². The zero-order chi connectivity index (χ0) is 14.1. The Bertz CT molecular complexity index is 634. The molecular weight excluding hydrogens is 252 g/mol. The molecule has 2 aromatic rings. The van der Waals surface area contributed by atoms with E-state index in [4.69, 9.17) is 0 Å². The monoisotopic (exact) mass is 270 g/mol. The van der Waals surface area contributed by atoms with Gasteiger partial charge in [0.05, 0.1) is 11.7 Å². The number of aryl methyl sites for hydroxylation is 1. The Morgan fingerprint density at radius 3 is 2.95 bits per heavy atom. The number of pyridine rings is 1. The molecule has 5 nitrogen and oxygen atoms in total. The SMILES string of the molecule is CC(=O)N1CCC[C@H]1c1ccnc(-c2cc(C)[nH]n2)c1. The van der Waals surface area contributed by atoms with Crippen molar-refractivity contribution in [3.63, 3.8) is 0 Å². The van der Waals surface area contributed by atoms with E-state index in [9.17, 15) is 4.79 Å². The highest BCUT2D eigenvalue weighted by Gasteiger charge is 2.28. The number of amides is 1. The summed E-state index contributed by atoms with van der Waals surface area (Å²) in [6, 6.07) is 6.19. The second-order valence-corrected chi connectivity index (χ2v) is 5.28. The van der Waals surface area contributed by atoms with Gasteiger partial charge in [0, 0.05) is 25.4 Å². The lowest BCUT2D eigenvalue weighted by Crippen LogP contribution is -2.28. The van der Waals surface area contributed by atoms with E-state index in [1.165, 1.54) is 0 Å². The number of likely N-dealkylation sites (tertiary alicyclic amines) is 1. The fourth-order valence-electron chi connectivity index (χ4n) is 2.83. The Balaban J connectivity index is 1.93. The lowest BCUT2D eigenvalue weighted by Gasteiger charge is -2.23. The first-order valence-corrected chi connectivity index (χ1v) is 6.90. The van der Waals surface area contributed by atoms with Crippen molar-refractivity contribution in [2.24, 2.45) is 0 Å². The number of H-pyrrole nitrogens is 1. The van der Waals surface area contributed by atoms with E-state index in [0.29, 0.717) is 0 Å². The molecule has 1 N–H and O–H groups in total. The van der Waals surface area contributed by atoms with Crippen LogP contribution in [0.3, 0.4) is 0 Å². The van der Waals surface area contributed by atoms with Crippen LogP contribution >= 0.6 is 0 Å². The third kappa shape index (κ3) is 2.31. The predicted octanol–water partition coefficient (Wildman–Crippen LogP) is 2.46. The number of carbonyl (C=O) groups is 1. The summed E-state index contributed by atoms with van der Waals surface area (Å²) in [7, 11) is 0. The maximum absolute atomic E-state index is 11.7. The normalized spacial score (nSPS) is 18.5. The molecule has 0 bridgehead atoms. The van der Waals surface area contributed by atoms with Gasteiger partial charge < -0.3 is 4.90 Å². The summed E-state index contributed by atoms with van der Waals surface area (Å²) in [5.41, 5.74) is 3.85. The smallest absolute Gasteiger partial charge is 0.219 e. The summed E-state index contributed by atoms with van der Waals surface area (Å²) in [6.07, 6.45) is 3.87. The molecule has 1 atom stereocenters. The van der Waals surface area contributed by atoms with Crippen LogP contribution < -0.4 is 0 Å². The van der Waals surface area contributed by atoms with Crippen LogP contribution in [0.2, 0.25) is 0 Å². The van der Waals surface area contributed by atoms with Gasteiger partial charge in [0.1, 0.15) is 5.69 Å². The van der Waals surface area contributed by atoms with Gasteiger partial charge in [-0.1, -0.05) is 0 Å². The topological polar surface area (TPSA) is 61.9 Å². The summed E-state index contributed by atoms with van der Waals surface area (Å²) in [5.74, 6) is 0.140. The Morgan fingerprint density at radius 1 is 1.40 bits per heavy atom. The van der Waals surface area contributed by atoms with Gasteiger partial charge in [0.2, 0.25) is 5.91 Å². The van der Waals surface area contributed by atoms with Gasteiger partial charge in [-0.25, -0.2) is 0 Å². The molecule has 0 saturated carbocycles. The molecule has 1 aliphatic rings. The average molecular weight is 270 g/mol. The van der Waals surface area contributed by atoms with Gasteiger partial charge in [0.25, 0.3) is 0 Å². The van der Waals surface area contributed by atoms with Crippen LogP contribution in [0.15, 0.2) is 24.4 Å². The average Bonchev–Trinajstić information content (AvgIpc) is 3.07. The van der Waals surface area contributed by atoms with Crippen LogP contribution in [-0.2, 0) is 4.79 Å². The molecule has 1 aliphatic heterocycles. The first-order valence-electron chi connectivity index (χ1n) is 6.90. The number of hydrogen-bond acceptors (Lipinski definition) is 3. The summed E-state index contributed by atoms with van der Waals surface area (Å²) < 4.78 is 0. The molecule has 1 fully saturated rings. The molecule has 1 saturated heterocycles. The maximum atomic E-state index is 11.7. The van der Waals surface area contributed by atoms with Gasteiger partial charge in [0.15, 0.2) is 0 Å². The third-order valence-electron chi connectivity index (χ3n) is 3.79. The fourth-order valence-corrected chi connectivity index (χ4v) is 2.83. The van der Waals surface area contributed by atoms with E-state index in [-0.39, 0.29) is 11.9 Å². The minimum Gasteiger partial charge on any atom is -0.336 e. The van der Waals surface area contributed by atoms with E-state index in [2.05, 4.69) is 15.2 Å². The van der Waals surface area contributed by atoms with Crippen molar-refractivity contribution in [3.05, 3.63) is 35.7 Å². The van der Waals surface area contributed by atoms with Crippen LogP contribution in [0.1, 0.15) is 37.1 Å². The number of hydrogen-bond donors (Lipinski definition) is 1. The lowest BCUT2D eigenvalue weighted by molar-refractivity contribution is -0.129. The number of carbonyl (C=O) groups excluding carboxylic acids is 1. The van der Waals surface area contributed by atoms with Crippen molar-refractivity contribution in [3.8, 4) is 11.4 Å². The minimum absolute atomic E-state index is 0.140. The molecule has 0 aromatic carbocycles. The molecule has 3 heterocycles. The van der Waals surface area contributed by atoms with Gasteiger partial charge in [-0.2, -0.15) is 5.10 Å². The van der Waals surface area contributed by atoms with Crippen LogP contribution in [0.25, 0.3) is 11.4 Å². The van der Waals surface area contributed by atoms with Crippen LogP contribution in [0, 0.1) is 6.92 Å².